The van der Waals surface area contributed by atoms with Crippen LogP contribution in [0.15, 0.2) is 27.4 Å². The molecule has 2 aromatic rings. The van der Waals surface area contributed by atoms with Crippen LogP contribution in [0.3, 0.4) is 0 Å². The van der Waals surface area contributed by atoms with Gasteiger partial charge in [-0.1, -0.05) is 0 Å². The van der Waals surface area contributed by atoms with Gasteiger partial charge in [0.15, 0.2) is 6.10 Å². The van der Waals surface area contributed by atoms with Gasteiger partial charge < -0.3 is 24.1 Å². The third kappa shape index (κ3) is 2.97. The lowest BCUT2D eigenvalue weighted by atomic mass is 10.1. The van der Waals surface area contributed by atoms with Crippen LogP contribution in [0.1, 0.15) is 5.76 Å². The molecule has 21 heavy (non-hydrogen) atoms. The average Bonchev–Trinajstić information content (AvgIpc) is 2.45. The van der Waals surface area contributed by atoms with E-state index in [-0.39, 0.29) is 17.6 Å². The first-order chi connectivity index (χ1) is 9.96. The Morgan fingerprint density at radius 3 is 2.57 bits per heavy atom. The number of aliphatic hydroxyl groups excluding tert-OH is 1. The number of rotatable bonds is 5. The van der Waals surface area contributed by atoms with Gasteiger partial charge in [-0.05, 0) is 17.5 Å². The van der Waals surface area contributed by atoms with Gasteiger partial charge in [-0.2, -0.15) is 0 Å². The van der Waals surface area contributed by atoms with Crippen molar-refractivity contribution in [2.75, 3.05) is 14.2 Å². The highest BCUT2D eigenvalue weighted by Gasteiger charge is 2.18. The number of hydrogen-bond donors (Lipinski definition) is 2. The summed E-state index contributed by atoms with van der Waals surface area (Å²) in [5.41, 5.74) is -0.667. The zero-order valence-electron chi connectivity index (χ0n) is 11.5. The summed E-state index contributed by atoms with van der Waals surface area (Å²) in [7, 11) is 2.89. The molecule has 0 aliphatic carbocycles. The number of ether oxygens (including phenoxy) is 2. The number of benzene rings is 1. The van der Waals surface area contributed by atoms with Crippen LogP contribution in [-0.2, 0) is 11.2 Å². The van der Waals surface area contributed by atoms with Crippen LogP contribution in [0.4, 0.5) is 0 Å². The van der Waals surface area contributed by atoms with Gasteiger partial charge >= 0.3 is 11.6 Å². The molecule has 0 aliphatic heterocycles. The lowest BCUT2D eigenvalue weighted by molar-refractivity contribution is -0.146. The summed E-state index contributed by atoms with van der Waals surface area (Å²) >= 11 is 0. The Kier molecular flexibility index (Phi) is 4.13. The molecule has 0 unspecified atom stereocenters. The Bertz CT molecular complexity index is 732. The predicted molar refractivity (Wildman–Crippen MR) is 72.9 cm³/mol. The molecule has 0 aliphatic rings. The summed E-state index contributed by atoms with van der Waals surface area (Å²) in [6.45, 7) is 0. The predicted octanol–water partition coefficient (Wildman–Crippen LogP) is 0.798. The molecule has 0 saturated carbocycles. The summed E-state index contributed by atoms with van der Waals surface area (Å²) < 4.78 is 15.3. The first-order valence-electron chi connectivity index (χ1n) is 6.06. The van der Waals surface area contributed by atoms with Gasteiger partial charge in [-0.3, -0.25) is 0 Å². The molecule has 0 spiro atoms. The number of hydrogen-bond acceptors (Lipinski definition) is 6. The Morgan fingerprint density at radius 1 is 1.29 bits per heavy atom. The third-order valence-electron chi connectivity index (χ3n) is 2.99. The largest absolute Gasteiger partial charge is 0.497 e. The van der Waals surface area contributed by atoms with Gasteiger partial charge in [0.2, 0.25) is 0 Å². The molecule has 7 nitrogen and oxygen atoms in total. The summed E-state index contributed by atoms with van der Waals surface area (Å²) in [5, 5.41) is 18.7. The van der Waals surface area contributed by atoms with Crippen LogP contribution in [0, 0.1) is 0 Å². The van der Waals surface area contributed by atoms with Gasteiger partial charge in [0.1, 0.15) is 22.6 Å². The van der Waals surface area contributed by atoms with Crippen molar-refractivity contribution in [1.82, 2.24) is 0 Å². The number of aliphatic hydroxyl groups is 1. The Morgan fingerprint density at radius 2 is 2.00 bits per heavy atom. The molecule has 2 N–H and O–H groups in total. The molecule has 1 aromatic carbocycles. The van der Waals surface area contributed by atoms with Crippen LogP contribution in [0.2, 0.25) is 0 Å². The van der Waals surface area contributed by atoms with Crippen LogP contribution in [0.5, 0.6) is 11.5 Å². The van der Waals surface area contributed by atoms with Crippen molar-refractivity contribution in [1.29, 1.82) is 0 Å². The van der Waals surface area contributed by atoms with E-state index in [1.807, 2.05) is 0 Å². The third-order valence-corrected chi connectivity index (χ3v) is 2.99. The maximum atomic E-state index is 12.0. The van der Waals surface area contributed by atoms with Crippen LogP contribution >= 0.6 is 0 Å². The molecular formula is C14H14O7. The molecule has 1 atom stereocenters. The molecule has 1 heterocycles. The highest BCUT2D eigenvalue weighted by Crippen LogP contribution is 2.29. The van der Waals surface area contributed by atoms with Crippen molar-refractivity contribution in [3.05, 3.63) is 34.4 Å². The maximum absolute atomic E-state index is 12.0. The zero-order chi connectivity index (χ0) is 15.6. The van der Waals surface area contributed by atoms with E-state index < -0.39 is 17.7 Å². The normalized spacial score (nSPS) is 12.1. The van der Waals surface area contributed by atoms with Crippen LogP contribution in [0.25, 0.3) is 10.8 Å². The van der Waals surface area contributed by atoms with E-state index in [2.05, 4.69) is 0 Å². The molecule has 0 fully saturated rings. The average molecular weight is 294 g/mol. The number of carboxylic acids is 1. The fourth-order valence-electron chi connectivity index (χ4n) is 1.97. The quantitative estimate of drug-likeness (QED) is 0.839. The van der Waals surface area contributed by atoms with E-state index in [0.29, 0.717) is 16.9 Å². The van der Waals surface area contributed by atoms with E-state index in [1.54, 1.807) is 12.1 Å². The molecular weight excluding hydrogens is 280 g/mol. The van der Waals surface area contributed by atoms with Gasteiger partial charge in [0, 0.05) is 12.5 Å². The Labute approximate surface area is 119 Å². The highest BCUT2D eigenvalue weighted by atomic mass is 16.5. The molecule has 7 heteroatoms. The van der Waals surface area contributed by atoms with Gasteiger partial charge in [0.05, 0.1) is 14.2 Å². The summed E-state index contributed by atoms with van der Waals surface area (Å²) in [6.07, 6.45) is -1.95. The van der Waals surface area contributed by atoms with Crippen molar-refractivity contribution >= 4 is 16.7 Å². The van der Waals surface area contributed by atoms with E-state index in [9.17, 15) is 14.7 Å². The second-order valence-corrected chi connectivity index (χ2v) is 4.35. The van der Waals surface area contributed by atoms with E-state index in [0.717, 1.165) is 0 Å². The smallest absolute Gasteiger partial charge is 0.347 e. The lowest BCUT2D eigenvalue weighted by Crippen LogP contribution is -2.22. The molecule has 0 radical (unpaired) electrons. The van der Waals surface area contributed by atoms with Crippen molar-refractivity contribution in [3.8, 4) is 11.5 Å². The van der Waals surface area contributed by atoms with Crippen LogP contribution < -0.4 is 15.1 Å². The van der Waals surface area contributed by atoms with Crippen molar-refractivity contribution in [2.24, 2.45) is 0 Å². The number of aliphatic carboxylic acids is 1. The minimum Gasteiger partial charge on any atom is -0.497 e. The number of fused-ring (bicyclic) bond motifs is 1. The van der Waals surface area contributed by atoms with Gasteiger partial charge in [-0.25, -0.2) is 9.59 Å². The van der Waals surface area contributed by atoms with Crippen molar-refractivity contribution in [2.45, 2.75) is 12.5 Å². The topological polar surface area (TPSA) is 106 Å². The first-order valence-corrected chi connectivity index (χ1v) is 6.06. The van der Waals surface area contributed by atoms with Gasteiger partial charge in [-0.15, -0.1) is 0 Å². The standard InChI is InChI=1S/C14H14O7/c1-19-8-3-7-4-9(5-10(15)13(16)17)21-14(18)12(7)11(6-8)20-2/h3-4,6,10,15H,5H2,1-2H3,(H,16,17)/t10-/m0/s1. The second-order valence-electron chi connectivity index (χ2n) is 4.35. The Hall–Kier alpha value is -2.54. The van der Waals surface area contributed by atoms with E-state index >= 15 is 0 Å². The Balaban J connectivity index is 2.59. The lowest BCUT2D eigenvalue weighted by Gasteiger charge is -2.09. The first kappa shape index (κ1) is 14.9. The SMILES string of the molecule is COc1cc(OC)c2c(=O)oc(C[C@H](O)C(=O)O)cc2c1. The molecule has 0 saturated heterocycles. The minimum atomic E-state index is -1.64. The van der Waals surface area contributed by atoms with Crippen LogP contribution in [-0.4, -0.2) is 36.5 Å². The zero-order valence-corrected chi connectivity index (χ0v) is 11.5. The molecule has 0 bridgehead atoms. The number of carbonyl (C=O) groups is 1. The summed E-state index contributed by atoms with van der Waals surface area (Å²) in [6, 6.07) is 4.63. The van der Waals surface area contributed by atoms with E-state index in [1.165, 1.54) is 20.3 Å². The fourth-order valence-corrected chi connectivity index (χ4v) is 1.97. The van der Waals surface area contributed by atoms with Crippen molar-refractivity contribution in [3.63, 3.8) is 0 Å². The number of methoxy groups -OCH3 is 2. The summed E-state index contributed by atoms with van der Waals surface area (Å²) in [4.78, 5) is 22.7. The van der Waals surface area contributed by atoms with Crippen molar-refractivity contribution < 1.29 is 28.9 Å². The van der Waals surface area contributed by atoms with E-state index in [4.69, 9.17) is 19.0 Å². The van der Waals surface area contributed by atoms with Gasteiger partial charge in [0.25, 0.3) is 0 Å². The molecule has 1 aromatic heterocycles. The molecule has 112 valence electrons. The molecule has 0 amide bonds. The second kappa shape index (κ2) is 5.84. The molecule has 2 rings (SSSR count). The fraction of sp³-hybridized carbons (Fsp3) is 0.286. The summed E-state index contributed by atoms with van der Waals surface area (Å²) in [5.74, 6) is -0.545. The minimum absolute atomic E-state index is 0.0673. The highest BCUT2D eigenvalue weighted by molar-refractivity contribution is 5.89. The monoisotopic (exact) mass is 294 g/mol. The number of carboxylic acid groups (broad SMARTS) is 1. The maximum Gasteiger partial charge on any atom is 0.347 e.